The summed E-state index contributed by atoms with van der Waals surface area (Å²) in [5, 5.41) is 3.93. The number of hydrogen-bond donors (Lipinski definition) is 1. The second-order valence-electron chi connectivity index (χ2n) is 8.70. The van der Waals surface area contributed by atoms with Crippen molar-refractivity contribution in [3.63, 3.8) is 0 Å². The quantitative estimate of drug-likeness (QED) is 0.574. The monoisotopic (exact) mass is 367 g/mol. The summed E-state index contributed by atoms with van der Waals surface area (Å²) in [6.07, 6.45) is 5.18. The Bertz CT molecular complexity index is 670. The minimum atomic E-state index is 0.0348. The molecule has 0 unspecified atom stereocenters. The zero-order valence-electron chi connectivity index (χ0n) is 16.7. The molecule has 0 aromatic heterocycles. The fourth-order valence-corrected chi connectivity index (χ4v) is 5.56. The Hall–Kier alpha value is -1.25. The first-order valence-electron chi connectivity index (χ1n) is 9.94. The van der Waals surface area contributed by atoms with E-state index in [2.05, 4.69) is 93.7 Å². The third kappa shape index (κ3) is 4.92. The maximum atomic E-state index is 3.93. The molecule has 26 heavy (non-hydrogen) atoms. The van der Waals surface area contributed by atoms with E-state index >= 15 is 0 Å². The molecule has 1 nitrogen and oxygen atoms in total. The smallest absolute Gasteiger partial charge is 0.0379 e. The minimum absolute atomic E-state index is 0.0348. The van der Waals surface area contributed by atoms with E-state index in [1.807, 2.05) is 11.8 Å². The van der Waals surface area contributed by atoms with Gasteiger partial charge in [-0.25, -0.2) is 0 Å². The summed E-state index contributed by atoms with van der Waals surface area (Å²) in [5.41, 5.74) is 1.41. The van der Waals surface area contributed by atoms with Gasteiger partial charge in [-0.05, 0) is 63.1 Å². The number of rotatable bonds is 6. The van der Waals surface area contributed by atoms with Crippen molar-refractivity contribution in [2.24, 2.45) is 5.92 Å². The lowest BCUT2D eigenvalue weighted by Gasteiger charge is -2.41. The Labute approximate surface area is 164 Å². The zero-order chi connectivity index (χ0) is 18.6. The lowest BCUT2D eigenvalue weighted by molar-refractivity contribution is 0.221. The molecule has 0 radical (unpaired) electrons. The van der Waals surface area contributed by atoms with Crippen LogP contribution in [0.4, 0.5) is 0 Å². The molecule has 140 valence electrons. The van der Waals surface area contributed by atoms with Gasteiger partial charge < -0.3 is 5.32 Å². The van der Waals surface area contributed by atoms with Crippen molar-refractivity contribution in [3.8, 4) is 0 Å². The third-order valence-corrected chi connectivity index (χ3v) is 7.26. The van der Waals surface area contributed by atoms with Crippen LogP contribution in [0.1, 0.15) is 58.9 Å². The highest BCUT2D eigenvalue weighted by molar-refractivity contribution is 8.00. The second kappa shape index (κ2) is 8.19. The van der Waals surface area contributed by atoms with E-state index in [0.717, 1.165) is 5.92 Å². The van der Waals surface area contributed by atoms with Gasteiger partial charge in [0.25, 0.3) is 0 Å². The van der Waals surface area contributed by atoms with Crippen molar-refractivity contribution in [2.45, 2.75) is 74.6 Å². The molecule has 3 rings (SSSR count). The predicted octanol–water partition coefficient (Wildman–Crippen LogP) is 6.64. The van der Waals surface area contributed by atoms with E-state index in [1.165, 1.54) is 36.1 Å². The topological polar surface area (TPSA) is 12.0 Å². The van der Waals surface area contributed by atoms with Gasteiger partial charge >= 0.3 is 0 Å². The highest BCUT2D eigenvalue weighted by atomic mass is 32.2. The number of hydrogen-bond acceptors (Lipinski definition) is 2. The van der Waals surface area contributed by atoms with Crippen molar-refractivity contribution in [1.29, 1.82) is 0 Å². The standard InChI is InChI=1S/C24H33NS/c1-23(2,19-11-7-5-8-12-19)25-21-17-15-20(16-18-21)24(3,4)26-22-13-9-6-10-14-22/h5-14,20-21,25H,15-18H2,1-4H3. The molecule has 0 saturated heterocycles. The Morgan fingerprint density at radius 1 is 0.769 bits per heavy atom. The molecule has 1 N–H and O–H groups in total. The van der Waals surface area contributed by atoms with Crippen molar-refractivity contribution in [1.82, 2.24) is 5.32 Å². The van der Waals surface area contributed by atoms with Gasteiger partial charge in [0.1, 0.15) is 0 Å². The first kappa shape index (κ1) is 19.5. The van der Waals surface area contributed by atoms with Gasteiger partial charge in [-0.15, -0.1) is 11.8 Å². The molecular formula is C24H33NS. The molecule has 0 spiro atoms. The Morgan fingerprint density at radius 3 is 1.88 bits per heavy atom. The predicted molar refractivity (Wildman–Crippen MR) is 115 cm³/mol. The van der Waals surface area contributed by atoms with Gasteiger partial charge in [0.05, 0.1) is 0 Å². The molecular weight excluding hydrogens is 334 g/mol. The minimum Gasteiger partial charge on any atom is -0.305 e. The van der Waals surface area contributed by atoms with Crippen molar-refractivity contribution >= 4 is 11.8 Å². The van der Waals surface area contributed by atoms with E-state index in [4.69, 9.17) is 0 Å². The van der Waals surface area contributed by atoms with Crippen LogP contribution in [0.25, 0.3) is 0 Å². The van der Waals surface area contributed by atoms with Crippen LogP contribution < -0.4 is 5.32 Å². The van der Waals surface area contributed by atoms with Crippen LogP contribution in [0, 0.1) is 5.92 Å². The number of nitrogens with one attached hydrogen (secondary N) is 1. The summed E-state index contributed by atoms with van der Waals surface area (Å²) in [6, 6.07) is 22.3. The van der Waals surface area contributed by atoms with Gasteiger partial charge in [0, 0.05) is 21.2 Å². The van der Waals surface area contributed by atoms with E-state index < -0.39 is 0 Å². The van der Waals surface area contributed by atoms with E-state index in [-0.39, 0.29) is 5.54 Å². The van der Waals surface area contributed by atoms with Gasteiger partial charge in [0.15, 0.2) is 0 Å². The van der Waals surface area contributed by atoms with Crippen molar-refractivity contribution < 1.29 is 0 Å². The SMILES string of the molecule is CC(C)(NC1CCC(C(C)(C)Sc2ccccc2)CC1)c1ccccc1. The lowest BCUT2D eigenvalue weighted by atomic mass is 9.78. The van der Waals surface area contributed by atoms with Crippen molar-refractivity contribution in [2.75, 3.05) is 0 Å². The molecule has 2 aromatic carbocycles. The molecule has 0 amide bonds. The van der Waals surface area contributed by atoms with Crippen LogP contribution in [0.5, 0.6) is 0 Å². The number of thioether (sulfide) groups is 1. The molecule has 1 aliphatic rings. The molecule has 1 aliphatic carbocycles. The molecule has 0 bridgehead atoms. The normalized spacial score (nSPS) is 21.5. The van der Waals surface area contributed by atoms with Crippen LogP contribution >= 0.6 is 11.8 Å². The maximum Gasteiger partial charge on any atom is 0.0379 e. The summed E-state index contributed by atoms with van der Waals surface area (Å²) in [6.45, 7) is 9.47. The average molecular weight is 368 g/mol. The third-order valence-electron chi connectivity index (χ3n) is 5.89. The zero-order valence-corrected chi connectivity index (χ0v) is 17.5. The van der Waals surface area contributed by atoms with E-state index in [0.29, 0.717) is 10.8 Å². The molecule has 1 saturated carbocycles. The Balaban J connectivity index is 1.55. The van der Waals surface area contributed by atoms with Crippen LogP contribution in [-0.4, -0.2) is 10.8 Å². The molecule has 2 aromatic rings. The Kier molecular flexibility index (Phi) is 6.14. The van der Waals surface area contributed by atoms with Gasteiger partial charge in [-0.1, -0.05) is 62.4 Å². The average Bonchev–Trinajstić information content (AvgIpc) is 2.63. The number of benzene rings is 2. The largest absolute Gasteiger partial charge is 0.305 e. The molecule has 2 heteroatoms. The Morgan fingerprint density at radius 2 is 1.31 bits per heavy atom. The van der Waals surface area contributed by atoms with Gasteiger partial charge in [-0.3, -0.25) is 0 Å². The molecule has 0 heterocycles. The van der Waals surface area contributed by atoms with Crippen LogP contribution in [-0.2, 0) is 5.54 Å². The van der Waals surface area contributed by atoms with Gasteiger partial charge in [-0.2, -0.15) is 0 Å². The molecule has 1 fully saturated rings. The first-order chi connectivity index (χ1) is 12.4. The fraction of sp³-hybridized carbons (Fsp3) is 0.500. The molecule has 0 aliphatic heterocycles. The summed E-state index contributed by atoms with van der Waals surface area (Å²) >= 11 is 2.04. The maximum absolute atomic E-state index is 3.93. The van der Waals surface area contributed by atoms with Crippen LogP contribution in [0.15, 0.2) is 65.6 Å². The van der Waals surface area contributed by atoms with Crippen LogP contribution in [0.3, 0.4) is 0 Å². The summed E-state index contributed by atoms with van der Waals surface area (Å²) < 4.78 is 0.293. The van der Waals surface area contributed by atoms with E-state index in [1.54, 1.807) is 0 Å². The van der Waals surface area contributed by atoms with E-state index in [9.17, 15) is 0 Å². The lowest BCUT2D eigenvalue weighted by Crippen LogP contribution is -2.46. The fourth-order valence-electron chi connectivity index (χ4n) is 4.26. The summed E-state index contributed by atoms with van der Waals surface area (Å²) in [7, 11) is 0. The first-order valence-corrected chi connectivity index (χ1v) is 10.8. The summed E-state index contributed by atoms with van der Waals surface area (Å²) in [4.78, 5) is 1.39. The highest BCUT2D eigenvalue weighted by Crippen LogP contribution is 2.44. The highest BCUT2D eigenvalue weighted by Gasteiger charge is 2.35. The van der Waals surface area contributed by atoms with Crippen LogP contribution in [0.2, 0.25) is 0 Å². The molecule has 0 atom stereocenters. The van der Waals surface area contributed by atoms with Crippen molar-refractivity contribution in [3.05, 3.63) is 66.2 Å². The second-order valence-corrected chi connectivity index (χ2v) is 10.4. The summed E-state index contributed by atoms with van der Waals surface area (Å²) in [5.74, 6) is 0.783. The van der Waals surface area contributed by atoms with Gasteiger partial charge in [0.2, 0.25) is 0 Å².